The molecule has 1 aromatic rings. The van der Waals surface area contributed by atoms with Gasteiger partial charge in [0.25, 0.3) is 0 Å². The first-order valence-electron chi connectivity index (χ1n) is 8.17. The Kier molecular flexibility index (Phi) is 7.04. The fraction of sp³-hybridized carbons (Fsp3) is 0.625. The maximum atomic E-state index is 14.2. The molecule has 1 aromatic carbocycles. The van der Waals surface area contributed by atoms with Gasteiger partial charge >= 0.3 is 0 Å². The Labute approximate surface area is 154 Å². The molecule has 0 aliphatic carbocycles. The Hall–Kier alpha value is -0.930. The van der Waals surface area contributed by atoms with Gasteiger partial charge in [0.05, 0.1) is 18.1 Å². The van der Waals surface area contributed by atoms with Gasteiger partial charge in [-0.2, -0.15) is 4.31 Å². The van der Waals surface area contributed by atoms with Crippen molar-refractivity contribution in [1.29, 1.82) is 0 Å². The van der Waals surface area contributed by atoms with E-state index in [9.17, 15) is 12.8 Å². The van der Waals surface area contributed by atoms with Crippen molar-refractivity contribution in [2.24, 2.45) is 5.92 Å². The van der Waals surface area contributed by atoms with Crippen LogP contribution in [0.4, 0.5) is 4.39 Å². The third-order valence-corrected chi connectivity index (χ3v) is 6.53. The SMILES string of the molecule is CN(C1CCNC1)S(=O)(=O)c1ccc(OCC2CCOC2)c(F)c1.Cl. The predicted octanol–water partition coefficient (Wildman–Crippen LogP) is 1.65. The van der Waals surface area contributed by atoms with Crippen LogP contribution in [-0.2, 0) is 14.8 Å². The number of hydrogen-bond donors (Lipinski definition) is 1. The molecule has 9 heteroatoms. The number of rotatable bonds is 6. The van der Waals surface area contributed by atoms with Gasteiger partial charge in [-0.05, 0) is 37.6 Å². The van der Waals surface area contributed by atoms with Crippen LogP contribution in [0.25, 0.3) is 0 Å². The van der Waals surface area contributed by atoms with Crippen molar-refractivity contribution in [3.8, 4) is 5.75 Å². The van der Waals surface area contributed by atoms with E-state index in [-0.39, 0.29) is 35.0 Å². The van der Waals surface area contributed by atoms with E-state index in [1.807, 2.05) is 0 Å². The van der Waals surface area contributed by atoms with Crippen LogP contribution < -0.4 is 10.1 Å². The second kappa shape index (κ2) is 8.64. The van der Waals surface area contributed by atoms with Crippen LogP contribution in [0.15, 0.2) is 23.1 Å². The molecule has 1 N–H and O–H groups in total. The number of likely N-dealkylation sites (N-methyl/N-ethyl adjacent to an activating group) is 1. The number of nitrogens with zero attached hydrogens (tertiary/aromatic N) is 1. The molecule has 2 aliphatic heterocycles. The van der Waals surface area contributed by atoms with Crippen molar-refractivity contribution in [1.82, 2.24) is 9.62 Å². The Bertz CT molecular complexity index is 677. The molecular formula is C16H24ClFN2O4S. The van der Waals surface area contributed by atoms with Crippen LogP contribution in [0.1, 0.15) is 12.8 Å². The molecule has 6 nitrogen and oxygen atoms in total. The fourth-order valence-corrected chi connectivity index (χ4v) is 4.39. The van der Waals surface area contributed by atoms with Crippen molar-refractivity contribution < 1.29 is 22.3 Å². The molecule has 0 amide bonds. The van der Waals surface area contributed by atoms with Crippen molar-refractivity contribution in [2.45, 2.75) is 23.8 Å². The zero-order chi connectivity index (χ0) is 17.2. The highest BCUT2D eigenvalue weighted by atomic mass is 35.5. The van der Waals surface area contributed by atoms with Crippen molar-refractivity contribution in [3.63, 3.8) is 0 Å². The molecular weight excluding hydrogens is 371 g/mol. The minimum absolute atomic E-state index is 0. The topological polar surface area (TPSA) is 67.9 Å². The standard InChI is InChI=1S/C16H23FN2O4S.ClH/c1-19(13-4-6-18-9-13)24(20,21)14-2-3-16(15(17)8-14)23-11-12-5-7-22-10-12;/h2-3,8,12-13,18H,4-7,9-11H2,1H3;1H. The summed E-state index contributed by atoms with van der Waals surface area (Å²) in [6.45, 7) is 3.10. The number of sulfonamides is 1. The largest absolute Gasteiger partial charge is 0.490 e. The minimum Gasteiger partial charge on any atom is -0.490 e. The molecule has 0 radical (unpaired) electrons. The maximum Gasteiger partial charge on any atom is 0.243 e. The molecule has 2 saturated heterocycles. The van der Waals surface area contributed by atoms with E-state index in [0.29, 0.717) is 26.4 Å². The van der Waals surface area contributed by atoms with Gasteiger partial charge in [0, 0.05) is 32.2 Å². The van der Waals surface area contributed by atoms with E-state index >= 15 is 0 Å². The Morgan fingerprint density at radius 3 is 2.80 bits per heavy atom. The average Bonchev–Trinajstić information content (AvgIpc) is 3.26. The smallest absolute Gasteiger partial charge is 0.243 e. The first-order valence-corrected chi connectivity index (χ1v) is 9.61. The molecule has 142 valence electrons. The van der Waals surface area contributed by atoms with Crippen LogP contribution >= 0.6 is 12.4 Å². The zero-order valence-corrected chi connectivity index (χ0v) is 15.7. The Morgan fingerprint density at radius 2 is 2.20 bits per heavy atom. The summed E-state index contributed by atoms with van der Waals surface area (Å²) in [5.41, 5.74) is 0. The fourth-order valence-electron chi connectivity index (χ4n) is 2.99. The van der Waals surface area contributed by atoms with E-state index < -0.39 is 15.8 Å². The lowest BCUT2D eigenvalue weighted by Crippen LogP contribution is -2.38. The first kappa shape index (κ1) is 20.4. The molecule has 3 rings (SSSR count). The van der Waals surface area contributed by atoms with Gasteiger partial charge in [-0.25, -0.2) is 12.8 Å². The Balaban J connectivity index is 0.00000225. The van der Waals surface area contributed by atoms with Gasteiger partial charge in [0.2, 0.25) is 10.0 Å². The molecule has 2 fully saturated rings. The molecule has 2 unspecified atom stereocenters. The van der Waals surface area contributed by atoms with Crippen LogP contribution in [0.3, 0.4) is 0 Å². The van der Waals surface area contributed by atoms with Gasteiger partial charge in [-0.3, -0.25) is 0 Å². The highest BCUT2D eigenvalue weighted by Gasteiger charge is 2.30. The predicted molar refractivity (Wildman–Crippen MR) is 94.3 cm³/mol. The summed E-state index contributed by atoms with van der Waals surface area (Å²) in [5, 5.41) is 3.13. The third kappa shape index (κ3) is 4.62. The summed E-state index contributed by atoms with van der Waals surface area (Å²) < 4.78 is 51.5. The minimum atomic E-state index is -3.71. The molecule has 0 aromatic heterocycles. The lowest BCUT2D eigenvalue weighted by molar-refractivity contribution is 0.165. The zero-order valence-electron chi connectivity index (χ0n) is 14.1. The summed E-state index contributed by atoms with van der Waals surface area (Å²) in [6, 6.07) is 3.72. The third-order valence-electron chi connectivity index (χ3n) is 4.63. The lowest BCUT2D eigenvalue weighted by atomic mass is 10.1. The van der Waals surface area contributed by atoms with Gasteiger partial charge in [-0.15, -0.1) is 12.4 Å². The Morgan fingerprint density at radius 1 is 1.40 bits per heavy atom. The summed E-state index contributed by atoms with van der Waals surface area (Å²) in [4.78, 5) is -0.0500. The second-order valence-electron chi connectivity index (χ2n) is 6.30. The van der Waals surface area contributed by atoms with Gasteiger partial charge in [0.15, 0.2) is 11.6 Å². The van der Waals surface area contributed by atoms with Crippen molar-refractivity contribution in [2.75, 3.05) is 40.0 Å². The van der Waals surface area contributed by atoms with Crippen molar-refractivity contribution in [3.05, 3.63) is 24.0 Å². The summed E-state index contributed by atoms with van der Waals surface area (Å²) in [5.74, 6) is -0.326. The van der Waals surface area contributed by atoms with Gasteiger partial charge < -0.3 is 14.8 Å². The highest BCUT2D eigenvalue weighted by molar-refractivity contribution is 7.89. The lowest BCUT2D eigenvalue weighted by Gasteiger charge is -2.23. The van der Waals surface area contributed by atoms with Crippen LogP contribution in [-0.4, -0.2) is 58.7 Å². The maximum absolute atomic E-state index is 14.2. The van der Waals surface area contributed by atoms with E-state index in [2.05, 4.69) is 5.32 Å². The molecule has 25 heavy (non-hydrogen) atoms. The highest BCUT2D eigenvalue weighted by Crippen LogP contribution is 2.25. The molecule has 0 spiro atoms. The first-order chi connectivity index (χ1) is 11.5. The number of ether oxygens (including phenoxy) is 2. The van der Waals surface area contributed by atoms with Gasteiger partial charge in [0.1, 0.15) is 0 Å². The number of nitrogens with one attached hydrogen (secondary N) is 1. The number of hydrogen-bond acceptors (Lipinski definition) is 5. The van der Waals surface area contributed by atoms with Crippen molar-refractivity contribution >= 4 is 22.4 Å². The summed E-state index contributed by atoms with van der Waals surface area (Å²) >= 11 is 0. The average molecular weight is 395 g/mol. The van der Waals surface area contributed by atoms with E-state index in [0.717, 1.165) is 25.5 Å². The molecule has 2 aliphatic rings. The van der Waals surface area contributed by atoms with E-state index in [1.165, 1.54) is 23.5 Å². The number of benzene rings is 1. The molecule has 2 atom stereocenters. The van der Waals surface area contributed by atoms with Crippen LogP contribution in [0.5, 0.6) is 5.75 Å². The van der Waals surface area contributed by atoms with E-state index in [4.69, 9.17) is 9.47 Å². The summed E-state index contributed by atoms with van der Waals surface area (Å²) in [6.07, 6.45) is 1.65. The van der Waals surface area contributed by atoms with Crippen LogP contribution in [0.2, 0.25) is 0 Å². The number of halogens is 2. The van der Waals surface area contributed by atoms with Gasteiger partial charge in [-0.1, -0.05) is 0 Å². The quantitative estimate of drug-likeness (QED) is 0.794. The monoisotopic (exact) mass is 394 g/mol. The molecule has 0 saturated carbocycles. The van der Waals surface area contributed by atoms with E-state index in [1.54, 1.807) is 0 Å². The van der Waals surface area contributed by atoms with Crippen LogP contribution in [0, 0.1) is 11.7 Å². The summed E-state index contributed by atoms with van der Waals surface area (Å²) in [7, 11) is -2.18. The normalized spacial score (nSPS) is 23.6. The second-order valence-corrected chi connectivity index (χ2v) is 8.30. The molecule has 2 heterocycles. The molecule has 0 bridgehead atoms.